The Morgan fingerprint density at radius 2 is 2.11 bits per heavy atom. The fourth-order valence-electron chi connectivity index (χ4n) is 1.87. The largest absolute Gasteiger partial charge is 0.481 e. The van der Waals surface area contributed by atoms with Gasteiger partial charge in [0.25, 0.3) is 0 Å². The lowest BCUT2D eigenvalue weighted by Crippen LogP contribution is -2.31. The summed E-state index contributed by atoms with van der Waals surface area (Å²) in [5, 5.41) is 15.6. The summed E-state index contributed by atoms with van der Waals surface area (Å²) >= 11 is 0. The van der Waals surface area contributed by atoms with Crippen molar-refractivity contribution < 1.29 is 14.7 Å². The summed E-state index contributed by atoms with van der Waals surface area (Å²) in [5.74, 6) is -0.983. The number of nitrogens with one attached hydrogen (secondary N) is 1. The Labute approximate surface area is 112 Å². The van der Waals surface area contributed by atoms with Crippen LogP contribution in [0.5, 0.6) is 0 Å². The highest BCUT2D eigenvalue weighted by molar-refractivity contribution is 5.77. The molecule has 0 saturated heterocycles. The second-order valence-corrected chi connectivity index (χ2v) is 5.38. The molecule has 0 fully saturated rings. The number of rotatable bonds is 8. The van der Waals surface area contributed by atoms with Gasteiger partial charge in [0.2, 0.25) is 5.91 Å². The molecule has 19 heavy (non-hydrogen) atoms. The van der Waals surface area contributed by atoms with Crippen molar-refractivity contribution >= 4 is 11.9 Å². The highest BCUT2D eigenvalue weighted by Crippen LogP contribution is 2.24. The maximum atomic E-state index is 11.7. The van der Waals surface area contributed by atoms with Crippen LogP contribution in [0.25, 0.3) is 0 Å². The van der Waals surface area contributed by atoms with Gasteiger partial charge in [0, 0.05) is 31.9 Å². The van der Waals surface area contributed by atoms with Crippen molar-refractivity contribution in [3.63, 3.8) is 0 Å². The van der Waals surface area contributed by atoms with E-state index in [9.17, 15) is 9.59 Å². The highest BCUT2D eigenvalue weighted by atomic mass is 16.4. The first-order chi connectivity index (χ1) is 8.89. The predicted molar refractivity (Wildman–Crippen MR) is 70.5 cm³/mol. The van der Waals surface area contributed by atoms with E-state index < -0.39 is 11.4 Å². The van der Waals surface area contributed by atoms with Crippen molar-refractivity contribution in [2.24, 2.45) is 5.41 Å². The number of aliphatic carboxylic acids is 1. The van der Waals surface area contributed by atoms with E-state index in [1.807, 2.05) is 12.3 Å². The van der Waals surface area contributed by atoms with Crippen molar-refractivity contribution in [1.82, 2.24) is 15.1 Å². The van der Waals surface area contributed by atoms with E-state index >= 15 is 0 Å². The number of amides is 1. The fraction of sp³-hybridized carbons (Fsp3) is 0.615. The predicted octanol–water partition coefficient (Wildman–Crippen LogP) is 1.28. The number of carbonyl (C=O) groups excluding carboxylic acids is 1. The van der Waals surface area contributed by atoms with E-state index in [-0.39, 0.29) is 18.7 Å². The molecule has 0 aliphatic rings. The Morgan fingerprint density at radius 1 is 1.37 bits per heavy atom. The third-order valence-corrected chi connectivity index (χ3v) is 2.71. The summed E-state index contributed by atoms with van der Waals surface area (Å²) in [4.78, 5) is 22.3. The maximum Gasteiger partial charge on any atom is 0.303 e. The summed E-state index contributed by atoms with van der Waals surface area (Å²) in [5.41, 5.74) is -0.516. The number of hydrogen-bond donors (Lipinski definition) is 2. The van der Waals surface area contributed by atoms with Gasteiger partial charge in [-0.2, -0.15) is 5.10 Å². The smallest absolute Gasteiger partial charge is 0.303 e. The van der Waals surface area contributed by atoms with Crippen LogP contribution in [0.1, 0.15) is 33.1 Å². The van der Waals surface area contributed by atoms with E-state index in [0.29, 0.717) is 6.54 Å². The minimum absolute atomic E-state index is 0.00624. The minimum Gasteiger partial charge on any atom is -0.481 e. The summed E-state index contributed by atoms with van der Waals surface area (Å²) in [6.45, 7) is 4.89. The summed E-state index contributed by atoms with van der Waals surface area (Å²) < 4.78 is 1.81. The van der Waals surface area contributed by atoms with E-state index in [2.05, 4.69) is 10.4 Å². The number of carbonyl (C=O) groups is 2. The zero-order valence-electron chi connectivity index (χ0n) is 11.4. The Morgan fingerprint density at radius 3 is 2.68 bits per heavy atom. The molecule has 0 aliphatic heterocycles. The van der Waals surface area contributed by atoms with Gasteiger partial charge >= 0.3 is 5.97 Å². The van der Waals surface area contributed by atoms with Gasteiger partial charge in [-0.1, -0.05) is 13.8 Å². The summed E-state index contributed by atoms with van der Waals surface area (Å²) in [6, 6.07) is 1.85. The van der Waals surface area contributed by atoms with E-state index in [1.54, 1.807) is 24.7 Å². The molecule has 0 saturated carbocycles. The molecule has 1 amide bonds. The van der Waals surface area contributed by atoms with Crippen LogP contribution in [0.15, 0.2) is 18.5 Å². The molecule has 0 aromatic carbocycles. The van der Waals surface area contributed by atoms with E-state index in [1.165, 1.54) is 0 Å². The van der Waals surface area contributed by atoms with Crippen molar-refractivity contribution in [1.29, 1.82) is 0 Å². The van der Waals surface area contributed by atoms with Crippen LogP contribution in [0.2, 0.25) is 0 Å². The van der Waals surface area contributed by atoms with Crippen molar-refractivity contribution in [2.75, 3.05) is 6.54 Å². The molecule has 0 spiro atoms. The zero-order valence-corrected chi connectivity index (χ0v) is 11.4. The second-order valence-electron chi connectivity index (χ2n) is 5.38. The molecule has 0 unspecified atom stereocenters. The molecule has 2 N–H and O–H groups in total. The van der Waals surface area contributed by atoms with Gasteiger partial charge in [-0.05, 0) is 17.9 Å². The second kappa shape index (κ2) is 6.92. The standard InChI is InChI=1S/C13H21N3O3/c1-13(2,10-12(18)19)9-11(17)14-5-3-7-16-8-4-6-15-16/h4,6,8H,3,5,7,9-10H2,1-2H3,(H,14,17)(H,18,19). The highest BCUT2D eigenvalue weighted by Gasteiger charge is 2.24. The Hall–Kier alpha value is -1.85. The number of aryl methyl sites for hydroxylation is 1. The molecule has 6 nitrogen and oxygen atoms in total. The van der Waals surface area contributed by atoms with Crippen molar-refractivity contribution in [2.45, 2.75) is 39.7 Å². The van der Waals surface area contributed by atoms with Crippen LogP contribution in [0, 0.1) is 5.41 Å². The SMILES string of the molecule is CC(C)(CC(=O)O)CC(=O)NCCCn1cccn1. The molecule has 0 aliphatic carbocycles. The monoisotopic (exact) mass is 267 g/mol. The number of carboxylic acid groups (broad SMARTS) is 1. The lowest BCUT2D eigenvalue weighted by molar-refractivity contribution is -0.139. The lowest BCUT2D eigenvalue weighted by Gasteiger charge is -2.21. The van der Waals surface area contributed by atoms with Crippen LogP contribution in [0.4, 0.5) is 0 Å². The third kappa shape index (κ3) is 6.59. The fourth-order valence-corrected chi connectivity index (χ4v) is 1.87. The molecule has 0 bridgehead atoms. The molecule has 6 heteroatoms. The third-order valence-electron chi connectivity index (χ3n) is 2.71. The number of nitrogens with zero attached hydrogens (tertiary/aromatic N) is 2. The first-order valence-corrected chi connectivity index (χ1v) is 6.35. The van der Waals surface area contributed by atoms with E-state index in [4.69, 9.17) is 5.11 Å². The van der Waals surface area contributed by atoms with Crippen LogP contribution in [0.3, 0.4) is 0 Å². The van der Waals surface area contributed by atoms with Crippen LogP contribution >= 0.6 is 0 Å². The Balaban J connectivity index is 2.18. The molecule has 0 atom stereocenters. The van der Waals surface area contributed by atoms with Crippen LogP contribution in [-0.4, -0.2) is 33.3 Å². The van der Waals surface area contributed by atoms with Crippen molar-refractivity contribution in [3.8, 4) is 0 Å². The van der Waals surface area contributed by atoms with E-state index in [0.717, 1.165) is 13.0 Å². The van der Waals surface area contributed by atoms with Crippen LogP contribution in [-0.2, 0) is 16.1 Å². The molecule has 1 heterocycles. The van der Waals surface area contributed by atoms with Gasteiger partial charge in [-0.15, -0.1) is 0 Å². The summed E-state index contributed by atoms with van der Waals surface area (Å²) in [6.07, 6.45) is 4.60. The molecule has 1 rings (SSSR count). The normalized spacial score (nSPS) is 11.3. The Bertz CT molecular complexity index is 413. The quantitative estimate of drug-likeness (QED) is 0.695. The Kier molecular flexibility index (Phi) is 5.54. The number of aromatic nitrogens is 2. The lowest BCUT2D eigenvalue weighted by atomic mass is 9.85. The molecular weight excluding hydrogens is 246 g/mol. The topological polar surface area (TPSA) is 84.2 Å². The van der Waals surface area contributed by atoms with Gasteiger partial charge in [0.1, 0.15) is 0 Å². The van der Waals surface area contributed by atoms with Gasteiger partial charge < -0.3 is 10.4 Å². The molecule has 106 valence electrons. The number of hydrogen-bond acceptors (Lipinski definition) is 3. The van der Waals surface area contributed by atoms with Crippen LogP contribution < -0.4 is 5.32 Å². The van der Waals surface area contributed by atoms with Gasteiger partial charge in [-0.25, -0.2) is 0 Å². The molecule has 0 radical (unpaired) electrons. The first kappa shape index (κ1) is 15.2. The van der Waals surface area contributed by atoms with Gasteiger partial charge in [0.15, 0.2) is 0 Å². The minimum atomic E-state index is -0.878. The average molecular weight is 267 g/mol. The maximum absolute atomic E-state index is 11.7. The number of carboxylic acids is 1. The summed E-state index contributed by atoms with van der Waals surface area (Å²) in [7, 11) is 0. The van der Waals surface area contributed by atoms with Gasteiger partial charge in [0.05, 0.1) is 6.42 Å². The molecule has 1 aromatic rings. The first-order valence-electron chi connectivity index (χ1n) is 6.35. The average Bonchev–Trinajstić information content (AvgIpc) is 2.74. The van der Waals surface area contributed by atoms with Gasteiger partial charge in [-0.3, -0.25) is 14.3 Å². The molecule has 1 aromatic heterocycles. The zero-order chi connectivity index (χ0) is 14.3. The van der Waals surface area contributed by atoms with Crippen molar-refractivity contribution in [3.05, 3.63) is 18.5 Å². The molecular formula is C13H21N3O3.